The number of benzene rings is 2. The number of ketones is 1. The number of carboxylic acids is 1. The van der Waals surface area contributed by atoms with E-state index in [0.29, 0.717) is 6.42 Å². The summed E-state index contributed by atoms with van der Waals surface area (Å²) < 4.78 is 0. The van der Waals surface area contributed by atoms with Crippen LogP contribution in [-0.2, 0) is 16.0 Å². The summed E-state index contributed by atoms with van der Waals surface area (Å²) in [4.78, 5) is 22.6. The van der Waals surface area contributed by atoms with Crippen LogP contribution in [0.5, 0.6) is 0 Å². The monoisotopic (exact) mass is 252 g/mol. The van der Waals surface area contributed by atoms with Crippen LogP contribution in [0.4, 0.5) is 0 Å². The Hall–Kier alpha value is -2.42. The van der Waals surface area contributed by atoms with Crippen molar-refractivity contribution >= 4 is 22.5 Å². The van der Waals surface area contributed by atoms with Gasteiger partial charge in [-0.25, -0.2) is 4.79 Å². The molecule has 0 bridgehead atoms. The number of carbonyl (C=O) groups excluding carboxylic acids is 1. The molecule has 0 fully saturated rings. The van der Waals surface area contributed by atoms with E-state index < -0.39 is 5.97 Å². The van der Waals surface area contributed by atoms with Crippen LogP contribution < -0.4 is 0 Å². The number of hydrogen-bond donors (Lipinski definition) is 1. The Bertz CT molecular complexity index is 708. The Morgan fingerprint density at radius 3 is 2.58 bits per heavy atom. The van der Waals surface area contributed by atoms with E-state index in [1.54, 1.807) is 0 Å². The third kappa shape index (κ3) is 1.93. The van der Waals surface area contributed by atoms with Gasteiger partial charge in [0.25, 0.3) is 0 Å². The molecular weight excluding hydrogens is 240 g/mol. The van der Waals surface area contributed by atoms with Gasteiger partial charge in [0, 0.05) is 6.08 Å². The van der Waals surface area contributed by atoms with Crippen LogP contribution in [-0.4, -0.2) is 16.9 Å². The van der Waals surface area contributed by atoms with Gasteiger partial charge in [0.1, 0.15) is 0 Å². The van der Waals surface area contributed by atoms with Crippen molar-refractivity contribution in [1.82, 2.24) is 0 Å². The number of hydrogen-bond acceptors (Lipinski definition) is 2. The molecule has 1 N–H and O–H groups in total. The van der Waals surface area contributed by atoms with Crippen LogP contribution in [0.2, 0.25) is 0 Å². The molecule has 19 heavy (non-hydrogen) atoms. The van der Waals surface area contributed by atoms with Crippen molar-refractivity contribution in [3.8, 4) is 0 Å². The molecule has 0 radical (unpaired) electrons. The van der Waals surface area contributed by atoms with Crippen molar-refractivity contribution < 1.29 is 14.7 Å². The highest BCUT2D eigenvalue weighted by atomic mass is 16.4. The van der Waals surface area contributed by atoms with Gasteiger partial charge in [-0.15, -0.1) is 0 Å². The second kappa shape index (κ2) is 4.35. The van der Waals surface area contributed by atoms with E-state index in [1.807, 2.05) is 36.4 Å². The van der Waals surface area contributed by atoms with E-state index in [2.05, 4.69) is 0 Å². The fourth-order valence-electron chi connectivity index (χ4n) is 2.76. The maximum atomic E-state index is 12.1. The lowest BCUT2D eigenvalue weighted by molar-refractivity contribution is -0.131. The first-order valence-corrected chi connectivity index (χ1v) is 6.12. The second-order valence-electron chi connectivity index (χ2n) is 4.69. The maximum absolute atomic E-state index is 12.1. The van der Waals surface area contributed by atoms with E-state index in [1.165, 1.54) is 0 Å². The Labute approximate surface area is 110 Å². The summed E-state index contributed by atoms with van der Waals surface area (Å²) in [5, 5.41) is 10.9. The molecule has 2 aromatic rings. The fourth-order valence-corrected chi connectivity index (χ4v) is 2.76. The first-order valence-electron chi connectivity index (χ1n) is 6.12. The quantitative estimate of drug-likeness (QED) is 0.854. The number of aliphatic carboxylic acids is 1. The molecular formula is C16H12O3. The number of rotatable bonds is 3. The average molecular weight is 252 g/mol. The highest BCUT2D eigenvalue weighted by Gasteiger charge is 2.28. The standard InChI is InChI=1S/C16H12O3/c17-14(7-8-15(18)19)13-9-11-5-1-3-10-4-2-6-12(13)16(10)11/h1-8,13H,9H2,(H,18,19). The van der Waals surface area contributed by atoms with Gasteiger partial charge in [0.05, 0.1) is 5.92 Å². The minimum Gasteiger partial charge on any atom is -0.478 e. The van der Waals surface area contributed by atoms with Gasteiger partial charge in [-0.2, -0.15) is 0 Å². The smallest absolute Gasteiger partial charge is 0.328 e. The third-order valence-electron chi connectivity index (χ3n) is 3.56. The molecule has 0 heterocycles. The molecule has 94 valence electrons. The molecule has 0 saturated carbocycles. The topological polar surface area (TPSA) is 54.4 Å². The van der Waals surface area contributed by atoms with E-state index >= 15 is 0 Å². The number of carboxylic acid groups (broad SMARTS) is 1. The van der Waals surface area contributed by atoms with Crippen molar-refractivity contribution in [2.24, 2.45) is 0 Å². The highest BCUT2D eigenvalue weighted by Crippen LogP contribution is 2.38. The highest BCUT2D eigenvalue weighted by molar-refractivity contribution is 6.04. The molecule has 0 spiro atoms. The van der Waals surface area contributed by atoms with E-state index in [4.69, 9.17) is 5.11 Å². The normalized spacial score (nSPS) is 17.2. The van der Waals surface area contributed by atoms with Crippen LogP contribution in [0.25, 0.3) is 10.8 Å². The molecule has 3 rings (SSSR count). The van der Waals surface area contributed by atoms with Crippen LogP contribution in [0, 0.1) is 0 Å². The number of allylic oxidation sites excluding steroid dienone is 1. The Morgan fingerprint density at radius 1 is 1.11 bits per heavy atom. The summed E-state index contributed by atoms with van der Waals surface area (Å²) in [6.45, 7) is 0. The Balaban J connectivity index is 2.04. The predicted octanol–water partition coefficient (Wildman–Crippen LogP) is 2.69. The van der Waals surface area contributed by atoms with E-state index in [9.17, 15) is 9.59 Å². The summed E-state index contributed by atoms with van der Waals surface area (Å²) >= 11 is 0. The summed E-state index contributed by atoms with van der Waals surface area (Å²) in [5.74, 6) is -1.50. The van der Waals surface area contributed by atoms with Gasteiger partial charge >= 0.3 is 5.97 Å². The zero-order chi connectivity index (χ0) is 13.4. The first-order chi connectivity index (χ1) is 9.16. The maximum Gasteiger partial charge on any atom is 0.328 e. The lowest BCUT2D eigenvalue weighted by Gasteiger charge is -2.07. The molecule has 0 aromatic heterocycles. The third-order valence-corrected chi connectivity index (χ3v) is 3.56. The minimum atomic E-state index is -1.10. The second-order valence-corrected chi connectivity index (χ2v) is 4.69. The van der Waals surface area contributed by atoms with Gasteiger partial charge in [0.2, 0.25) is 0 Å². The summed E-state index contributed by atoms with van der Waals surface area (Å²) in [7, 11) is 0. The first kappa shape index (κ1) is 11.7. The molecule has 0 aliphatic heterocycles. The zero-order valence-electron chi connectivity index (χ0n) is 10.2. The molecule has 1 atom stereocenters. The summed E-state index contributed by atoms with van der Waals surface area (Å²) in [6, 6.07) is 12.0. The Kier molecular flexibility index (Phi) is 2.67. The lowest BCUT2D eigenvalue weighted by Crippen LogP contribution is -2.09. The molecule has 1 aliphatic carbocycles. The lowest BCUT2D eigenvalue weighted by atomic mass is 9.95. The molecule has 1 unspecified atom stereocenters. The van der Waals surface area contributed by atoms with Crippen LogP contribution in [0.15, 0.2) is 48.6 Å². The van der Waals surface area contributed by atoms with Crippen LogP contribution in [0.1, 0.15) is 17.0 Å². The number of carbonyl (C=O) groups is 2. The zero-order valence-corrected chi connectivity index (χ0v) is 10.2. The molecule has 3 nitrogen and oxygen atoms in total. The molecule has 0 saturated heterocycles. The largest absolute Gasteiger partial charge is 0.478 e. The van der Waals surface area contributed by atoms with E-state index in [-0.39, 0.29) is 11.7 Å². The molecule has 0 amide bonds. The van der Waals surface area contributed by atoms with Gasteiger partial charge < -0.3 is 5.11 Å². The summed E-state index contributed by atoms with van der Waals surface area (Å²) in [5.41, 5.74) is 2.17. The predicted molar refractivity (Wildman–Crippen MR) is 72.2 cm³/mol. The van der Waals surface area contributed by atoms with Crippen molar-refractivity contribution in [2.45, 2.75) is 12.3 Å². The van der Waals surface area contributed by atoms with Crippen LogP contribution >= 0.6 is 0 Å². The molecule has 1 aliphatic rings. The van der Waals surface area contributed by atoms with Gasteiger partial charge in [-0.3, -0.25) is 4.79 Å². The molecule has 2 aromatic carbocycles. The minimum absolute atomic E-state index is 0.147. The van der Waals surface area contributed by atoms with Gasteiger partial charge in [-0.05, 0) is 34.4 Å². The van der Waals surface area contributed by atoms with Gasteiger partial charge in [-0.1, -0.05) is 36.4 Å². The summed E-state index contributed by atoms with van der Waals surface area (Å²) in [6.07, 6.45) is 2.72. The van der Waals surface area contributed by atoms with Crippen molar-refractivity contribution in [2.75, 3.05) is 0 Å². The van der Waals surface area contributed by atoms with Gasteiger partial charge in [0.15, 0.2) is 5.78 Å². The SMILES string of the molecule is O=C(O)C=CC(=O)C1Cc2cccc3cccc1c23. The van der Waals surface area contributed by atoms with Crippen molar-refractivity contribution in [3.63, 3.8) is 0 Å². The van der Waals surface area contributed by atoms with E-state index in [0.717, 1.165) is 34.1 Å². The van der Waals surface area contributed by atoms with Crippen LogP contribution in [0.3, 0.4) is 0 Å². The fraction of sp³-hybridized carbons (Fsp3) is 0.125. The average Bonchev–Trinajstić information content (AvgIpc) is 2.78. The Morgan fingerprint density at radius 2 is 1.84 bits per heavy atom. The van der Waals surface area contributed by atoms with Crippen molar-refractivity contribution in [1.29, 1.82) is 0 Å². The van der Waals surface area contributed by atoms with Crippen molar-refractivity contribution in [3.05, 3.63) is 59.7 Å². The molecule has 3 heteroatoms.